The molecule has 112 valence electrons. The summed E-state index contributed by atoms with van der Waals surface area (Å²) in [5.74, 6) is 0. The van der Waals surface area contributed by atoms with Gasteiger partial charge >= 0.3 is 0 Å². The topological polar surface area (TPSA) is 35.7 Å². The van der Waals surface area contributed by atoms with Gasteiger partial charge in [0.2, 0.25) is 0 Å². The van der Waals surface area contributed by atoms with Crippen molar-refractivity contribution in [1.29, 1.82) is 0 Å². The molecular formula is C16H28N4. The molecule has 1 aromatic rings. The first-order chi connectivity index (χ1) is 9.58. The summed E-state index contributed by atoms with van der Waals surface area (Å²) in [4.78, 5) is 7.27. The third kappa shape index (κ3) is 3.95. The third-order valence-corrected chi connectivity index (χ3v) is 4.00. The largest absolute Gasteiger partial charge is 0.369 e. The van der Waals surface area contributed by atoms with Crippen molar-refractivity contribution in [3.63, 3.8) is 0 Å². The van der Waals surface area contributed by atoms with Crippen LogP contribution in [-0.2, 0) is 0 Å². The summed E-state index contributed by atoms with van der Waals surface area (Å²) >= 11 is 0. The quantitative estimate of drug-likeness (QED) is 0.881. The number of anilines is 1. The fourth-order valence-electron chi connectivity index (χ4n) is 2.71. The van der Waals surface area contributed by atoms with Crippen LogP contribution in [0.2, 0.25) is 0 Å². The van der Waals surface area contributed by atoms with Crippen molar-refractivity contribution < 1.29 is 0 Å². The number of para-hydroxylation sites is 1. The summed E-state index contributed by atoms with van der Waals surface area (Å²) in [7, 11) is 4.27. The number of hydrogen-bond donors (Lipinski definition) is 1. The molecule has 0 spiro atoms. The molecule has 4 nitrogen and oxygen atoms in total. The molecule has 1 aliphatic rings. The number of rotatable bonds is 5. The number of hydrogen-bond acceptors (Lipinski definition) is 4. The highest BCUT2D eigenvalue weighted by Crippen LogP contribution is 2.25. The molecule has 2 N–H and O–H groups in total. The van der Waals surface area contributed by atoms with Crippen LogP contribution in [0.4, 0.5) is 5.69 Å². The van der Waals surface area contributed by atoms with E-state index in [1.165, 1.54) is 11.3 Å². The molecule has 1 unspecified atom stereocenters. The molecule has 0 saturated carbocycles. The fraction of sp³-hybridized carbons (Fsp3) is 0.625. The van der Waals surface area contributed by atoms with Gasteiger partial charge in [0.15, 0.2) is 0 Å². The fourth-order valence-corrected chi connectivity index (χ4v) is 2.71. The minimum absolute atomic E-state index is 0.0953. The van der Waals surface area contributed by atoms with Crippen molar-refractivity contribution in [3.8, 4) is 0 Å². The number of likely N-dealkylation sites (N-methyl/N-ethyl adjacent to an activating group) is 1. The van der Waals surface area contributed by atoms with E-state index in [2.05, 4.69) is 60.0 Å². The van der Waals surface area contributed by atoms with Crippen LogP contribution in [0.3, 0.4) is 0 Å². The predicted octanol–water partition coefficient (Wildman–Crippen LogP) is 1.39. The minimum atomic E-state index is 0.0953. The predicted molar refractivity (Wildman–Crippen MR) is 86.3 cm³/mol. The van der Waals surface area contributed by atoms with Gasteiger partial charge in [-0.2, -0.15) is 0 Å². The van der Waals surface area contributed by atoms with E-state index in [0.717, 1.165) is 39.3 Å². The highest BCUT2D eigenvalue weighted by Gasteiger charge is 2.19. The first kappa shape index (κ1) is 15.3. The molecule has 4 heteroatoms. The van der Waals surface area contributed by atoms with Crippen LogP contribution in [0.25, 0.3) is 0 Å². The van der Waals surface area contributed by atoms with Crippen LogP contribution in [0.5, 0.6) is 0 Å². The number of benzene rings is 1. The molecule has 1 aliphatic heterocycles. The molecule has 0 aliphatic carbocycles. The number of piperazine rings is 1. The lowest BCUT2D eigenvalue weighted by Crippen LogP contribution is -2.48. The first-order valence-electron chi connectivity index (χ1n) is 7.54. The molecule has 0 bridgehead atoms. The van der Waals surface area contributed by atoms with E-state index < -0.39 is 0 Å². The Hall–Kier alpha value is -1.10. The average Bonchev–Trinajstić information content (AvgIpc) is 2.45. The minimum Gasteiger partial charge on any atom is -0.369 e. The van der Waals surface area contributed by atoms with E-state index in [9.17, 15) is 0 Å². The number of nitrogens with zero attached hydrogens (tertiary/aromatic N) is 3. The maximum atomic E-state index is 6.09. The second kappa shape index (κ2) is 7.07. The monoisotopic (exact) mass is 276 g/mol. The summed E-state index contributed by atoms with van der Waals surface area (Å²) < 4.78 is 0. The van der Waals surface area contributed by atoms with Crippen molar-refractivity contribution in [2.75, 3.05) is 58.3 Å². The summed E-state index contributed by atoms with van der Waals surface area (Å²) in [5.41, 5.74) is 8.66. The molecular weight excluding hydrogens is 248 g/mol. The van der Waals surface area contributed by atoms with Crippen LogP contribution in [-0.4, -0.2) is 63.2 Å². The van der Waals surface area contributed by atoms with Crippen molar-refractivity contribution in [2.24, 2.45) is 5.73 Å². The molecule has 0 aromatic heterocycles. The van der Waals surface area contributed by atoms with Gasteiger partial charge in [-0.15, -0.1) is 0 Å². The van der Waals surface area contributed by atoms with Crippen LogP contribution < -0.4 is 10.6 Å². The Morgan fingerprint density at radius 1 is 1.15 bits per heavy atom. The zero-order chi connectivity index (χ0) is 14.5. The lowest BCUT2D eigenvalue weighted by atomic mass is 10.1. The highest BCUT2D eigenvalue weighted by molar-refractivity contribution is 5.55. The molecule has 1 fully saturated rings. The van der Waals surface area contributed by atoms with E-state index in [0.29, 0.717) is 0 Å². The van der Waals surface area contributed by atoms with E-state index in [-0.39, 0.29) is 6.04 Å². The Morgan fingerprint density at radius 2 is 1.80 bits per heavy atom. The van der Waals surface area contributed by atoms with Gasteiger partial charge in [0, 0.05) is 51.0 Å². The highest BCUT2D eigenvalue weighted by atomic mass is 15.3. The van der Waals surface area contributed by atoms with Crippen LogP contribution >= 0.6 is 0 Å². The maximum absolute atomic E-state index is 6.09. The molecule has 2 rings (SSSR count). The van der Waals surface area contributed by atoms with Gasteiger partial charge in [-0.1, -0.05) is 18.2 Å². The molecule has 0 radical (unpaired) electrons. The lowest BCUT2D eigenvalue weighted by Gasteiger charge is -2.37. The second-order valence-corrected chi connectivity index (χ2v) is 5.98. The second-order valence-electron chi connectivity index (χ2n) is 5.98. The zero-order valence-electron chi connectivity index (χ0n) is 13.0. The van der Waals surface area contributed by atoms with Gasteiger partial charge < -0.3 is 15.5 Å². The molecule has 1 atom stereocenters. The van der Waals surface area contributed by atoms with E-state index in [1.807, 2.05) is 0 Å². The van der Waals surface area contributed by atoms with Crippen molar-refractivity contribution in [2.45, 2.75) is 13.0 Å². The maximum Gasteiger partial charge on any atom is 0.0415 e. The molecule has 1 saturated heterocycles. The zero-order valence-corrected chi connectivity index (χ0v) is 13.0. The average molecular weight is 276 g/mol. The Bertz CT molecular complexity index is 409. The van der Waals surface area contributed by atoms with Gasteiger partial charge in [-0.3, -0.25) is 4.90 Å². The van der Waals surface area contributed by atoms with Crippen LogP contribution in [0.15, 0.2) is 24.3 Å². The van der Waals surface area contributed by atoms with Gasteiger partial charge in [-0.05, 0) is 32.6 Å². The SMILES string of the molecule is CC(N)c1ccccc1N1CCN(CCN(C)C)CC1. The van der Waals surface area contributed by atoms with Crippen LogP contribution in [0, 0.1) is 0 Å². The van der Waals surface area contributed by atoms with Crippen molar-refractivity contribution in [1.82, 2.24) is 9.80 Å². The smallest absolute Gasteiger partial charge is 0.0415 e. The van der Waals surface area contributed by atoms with Crippen molar-refractivity contribution in [3.05, 3.63) is 29.8 Å². The van der Waals surface area contributed by atoms with Gasteiger partial charge in [0.05, 0.1) is 0 Å². The molecule has 20 heavy (non-hydrogen) atoms. The summed E-state index contributed by atoms with van der Waals surface area (Å²) in [6.45, 7) is 8.83. The van der Waals surface area contributed by atoms with E-state index in [1.54, 1.807) is 0 Å². The standard InChI is InChI=1S/C16H28N4/c1-14(17)15-6-4-5-7-16(15)20-12-10-19(11-13-20)9-8-18(2)3/h4-7,14H,8-13,17H2,1-3H3. The Labute approximate surface area is 123 Å². The summed E-state index contributed by atoms with van der Waals surface area (Å²) in [6, 6.07) is 8.64. The summed E-state index contributed by atoms with van der Waals surface area (Å²) in [6.07, 6.45) is 0. The summed E-state index contributed by atoms with van der Waals surface area (Å²) in [5, 5.41) is 0. The Morgan fingerprint density at radius 3 is 2.40 bits per heavy atom. The van der Waals surface area contributed by atoms with Gasteiger partial charge in [-0.25, -0.2) is 0 Å². The molecule has 0 amide bonds. The van der Waals surface area contributed by atoms with Gasteiger partial charge in [0.1, 0.15) is 0 Å². The van der Waals surface area contributed by atoms with Crippen LogP contribution in [0.1, 0.15) is 18.5 Å². The number of nitrogens with two attached hydrogens (primary N) is 1. The third-order valence-electron chi connectivity index (χ3n) is 4.00. The Balaban J connectivity index is 1.94. The molecule has 1 aromatic carbocycles. The first-order valence-corrected chi connectivity index (χ1v) is 7.54. The Kier molecular flexibility index (Phi) is 5.40. The van der Waals surface area contributed by atoms with Gasteiger partial charge in [0.25, 0.3) is 0 Å². The van der Waals surface area contributed by atoms with E-state index in [4.69, 9.17) is 5.73 Å². The van der Waals surface area contributed by atoms with Crippen molar-refractivity contribution >= 4 is 5.69 Å². The normalized spacial score (nSPS) is 18.6. The molecule has 1 heterocycles. The van der Waals surface area contributed by atoms with E-state index >= 15 is 0 Å². The lowest BCUT2D eigenvalue weighted by molar-refractivity contribution is 0.229.